The maximum absolute atomic E-state index is 4.34. The van der Waals surface area contributed by atoms with Gasteiger partial charge in [0, 0.05) is 30.3 Å². The molecule has 0 radical (unpaired) electrons. The number of hydrogen-bond acceptors (Lipinski definition) is 6. The molecule has 6 heteroatoms. The summed E-state index contributed by atoms with van der Waals surface area (Å²) in [5.74, 6) is 0.874. The zero-order valence-electron chi connectivity index (χ0n) is 9.21. The quantitative estimate of drug-likeness (QED) is 0.878. The number of nitrogens with zero attached hydrogens (tertiary/aromatic N) is 4. The predicted octanol–water partition coefficient (Wildman–Crippen LogP) is 2.06. The molecule has 2 heterocycles. The molecule has 5 nitrogen and oxygen atoms in total. The van der Waals surface area contributed by atoms with Gasteiger partial charge in [0.2, 0.25) is 5.13 Å². The van der Waals surface area contributed by atoms with Crippen molar-refractivity contribution in [1.82, 2.24) is 19.3 Å². The molecule has 1 atom stereocenters. The Bertz CT molecular complexity index is 441. The number of rotatable bonds is 4. The van der Waals surface area contributed by atoms with Crippen LogP contribution in [0.2, 0.25) is 0 Å². The summed E-state index contributed by atoms with van der Waals surface area (Å²) < 4.78 is 4.21. The molecule has 0 spiro atoms. The molecular formula is C10H13N5S. The summed E-state index contributed by atoms with van der Waals surface area (Å²) in [6.45, 7) is 4.06. The zero-order chi connectivity index (χ0) is 11.4. The van der Waals surface area contributed by atoms with E-state index in [9.17, 15) is 0 Å². The number of nitrogens with one attached hydrogen (secondary N) is 1. The zero-order valence-corrected chi connectivity index (χ0v) is 10.0. The van der Waals surface area contributed by atoms with Gasteiger partial charge in [0.15, 0.2) is 0 Å². The molecule has 0 aliphatic carbocycles. The Morgan fingerprint density at radius 2 is 2.31 bits per heavy atom. The molecule has 0 bridgehead atoms. The van der Waals surface area contributed by atoms with Crippen molar-refractivity contribution in [2.75, 3.05) is 5.32 Å². The van der Waals surface area contributed by atoms with Crippen molar-refractivity contribution in [3.8, 4) is 0 Å². The second-order valence-electron chi connectivity index (χ2n) is 3.37. The summed E-state index contributed by atoms with van der Waals surface area (Å²) in [5.41, 5.74) is 0.899. The van der Waals surface area contributed by atoms with E-state index >= 15 is 0 Å². The standard InChI is InChI=1S/C10H13N5S/c1-3-9-14-10(16-15-9)13-7(2)8-6-11-4-5-12-8/h4-7H,3H2,1-2H3,(H,13,14,15)/t7-/m0/s1. The Hall–Kier alpha value is -1.56. The third-order valence-corrected chi connectivity index (χ3v) is 2.84. The van der Waals surface area contributed by atoms with Gasteiger partial charge in [0.05, 0.1) is 17.9 Å². The van der Waals surface area contributed by atoms with Crippen LogP contribution in [0.25, 0.3) is 0 Å². The Morgan fingerprint density at radius 3 is 2.94 bits per heavy atom. The van der Waals surface area contributed by atoms with Crippen LogP contribution in [0.1, 0.15) is 31.4 Å². The van der Waals surface area contributed by atoms with E-state index in [1.807, 2.05) is 13.8 Å². The minimum atomic E-state index is 0.0892. The molecule has 1 N–H and O–H groups in total. The molecule has 16 heavy (non-hydrogen) atoms. The molecule has 0 saturated carbocycles. The van der Waals surface area contributed by atoms with Gasteiger partial charge in [-0.15, -0.1) is 0 Å². The lowest BCUT2D eigenvalue weighted by Gasteiger charge is -2.10. The molecule has 0 saturated heterocycles. The monoisotopic (exact) mass is 235 g/mol. The van der Waals surface area contributed by atoms with Crippen molar-refractivity contribution in [3.63, 3.8) is 0 Å². The number of aromatic nitrogens is 4. The molecule has 2 rings (SSSR count). The lowest BCUT2D eigenvalue weighted by molar-refractivity contribution is 0.823. The van der Waals surface area contributed by atoms with Crippen LogP contribution < -0.4 is 5.32 Å². The fourth-order valence-corrected chi connectivity index (χ4v) is 1.99. The van der Waals surface area contributed by atoms with E-state index in [4.69, 9.17) is 0 Å². The highest BCUT2D eigenvalue weighted by Crippen LogP contribution is 2.18. The topological polar surface area (TPSA) is 63.6 Å². The SMILES string of the molecule is CCc1nsc(N[C@@H](C)c2cnccn2)n1. The van der Waals surface area contributed by atoms with E-state index in [1.165, 1.54) is 11.5 Å². The highest BCUT2D eigenvalue weighted by atomic mass is 32.1. The first-order valence-corrected chi connectivity index (χ1v) is 5.92. The van der Waals surface area contributed by atoms with E-state index in [0.29, 0.717) is 0 Å². The van der Waals surface area contributed by atoms with Crippen molar-refractivity contribution < 1.29 is 0 Å². The second-order valence-corrected chi connectivity index (χ2v) is 4.12. The van der Waals surface area contributed by atoms with Crippen molar-refractivity contribution >= 4 is 16.7 Å². The molecule has 0 unspecified atom stereocenters. The number of anilines is 1. The lowest BCUT2D eigenvalue weighted by atomic mass is 10.2. The summed E-state index contributed by atoms with van der Waals surface area (Å²) in [4.78, 5) is 12.6. The maximum Gasteiger partial charge on any atom is 0.203 e. The van der Waals surface area contributed by atoms with Crippen LogP contribution in [0.5, 0.6) is 0 Å². The summed E-state index contributed by atoms with van der Waals surface area (Å²) in [7, 11) is 0. The fraction of sp³-hybridized carbons (Fsp3) is 0.400. The Balaban J connectivity index is 2.05. The van der Waals surface area contributed by atoms with Crippen LogP contribution in [-0.2, 0) is 6.42 Å². The van der Waals surface area contributed by atoms with Crippen LogP contribution in [0, 0.1) is 0 Å². The van der Waals surface area contributed by atoms with Gasteiger partial charge in [-0.2, -0.15) is 4.37 Å². The minimum absolute atomic E-state index is 0.0892. The Morgan fingerprint density at radius 1 is 1.44 bits per heavy atom. The van der Waals surface area contributed by atoms with E-state index in [-0.39, 0.29) is 6.04 Å². The van der Waals surface area contributed by atoms with Crippen LogP contribution >= 0.6 is 11.5 Å². The Labute approximate surface area is 98.2 Å². The van der Waals surface area contributed by atoms with Crippen LogP contribution in [0.4, 0.5) is 5.13 Å². The Kier molecular flexibility index (Phi) is 3.40. The highest BCUT2D eigenvalue weighted by molar-refractivity contribution is 7.09. The third-order valence-electron chi connectivity index (χ3n) is 2.15. The molecule has 2 aromatic rings. The largest absolute Gasteiger partial charge is 0.352 e. The minimum Gasteiger partial charge on any atom is -0.352 e. The van der Waals surface area contributed by atoms with Crippen molar-refractivity contribution in [3.05, 3.63) is 30.1 Å². The van der Waals surface area contributed by atoms with Gasteiger partial charge in [-0.1, -0.05) is 6.92 Å². The highest BCUT2D eigenvalue weighted by Gasteiger charge is 2.09. The molecule has 0 aromatic carbocycles. The summed E-state index contributed by atoms with van der Waals surface area (Å²) >= 11 is 1.38. The molecule has 0 aliphatic heterocycles. The molecule has 0 fully saturated rings. The van der Waals surface area contributed by atoms with Crippen LogP contribution in [-0.4, -0.2) is 19.3 Å². The number of aryl methyl sites for hydroxylation is 1. The van der Waals surface area contributed by atoms with Crippen LogP contribution in [0.15, 0.2) is 18.6 Å². The maximum atomic E-state index is 4.34. The first-order chi connectivity index (χ1) is 7.79. The molecule has 0 aliphatic rings. The summed E-state index contributed by atoms with van der Waals surface area (Å²) in [6, 6.07) is 0.0892. The second kappa shape index (κ2) is 4.98. The van der Waals surface area contributed by atoms with E-state index in [1.54, 1.807) is 18.6 Å². The molecule has 84 valence electrons. The van der Waals surface area contributed by atoms with Crippen molar-refractivity contribution in [2.45, 2.75) is 26.3 Å². The van der Waals surface area contributed by atoms with Crippen molar-refractivity contribution in [1.29, 1.82) is 0 Å². The van der Waals surface area contributed by atoms with Crippen molar-refractivity contribution in [2.24, 2.45) is 0 Å². The van der Waals surface area contributed by atoms with Crippen LogP contribution in [0.3, 0.4) is 0 Å². The van der Waals surface area contributed by atoms with E-state index in [2.05, 4.69) is 24.6 Å². The molecular weight excluding hydrogens is 222 g/mol. The average molecular weight is 235 g/mol. The van der Waals surface area contributed by atoms with Gasteiger partial charge < -0.3 is 5.32 Å². The number of hydrogen-bond donors (Lipinski definition) is 1. The predicted molar refractivity (Wildman–Crippen MR) is 63.4 cm³/mol. The van der Waals surface area contributed by atoms with Gasteiger partial charge in [-0.05, 0) is 6.92 Å². The van der Waals surface area contributed by atoms with Gasteiger partial charge in [-0.25, -0.2) is 4.98 Å². The fourth-order valence-electron chi connectivity index (χ4n) is 1.25. The van der Waals surface area contributed by atoms with Gasteiger partial charge in [0.25, 0.3) is 0 Å². The summed E-state index contributed by atoms with van der Waals surface area (Å²) in [5, 5.41) is 4.08. The van der Waals surface area contributed by atoms with Gasteiger partial charge in [0.1, 0.15) is 5.82 Å². The molecule has 2 aromatic heterocycles. The van der Waals surface area contributed by atoms with Gasteiger partial charge >= 0.3 is 0 Å². The lowest BCUT2D eigenvalue weighted by Crippen LogP contribution is -2.08. The summed E-state index contributed by atoms with van der Waals surface area (Å²) in [6.07, 6.45) is 5.96. The first kappa shape index (κ1) is 10.9. The average Bonchev–Trinajstić information content (AvgIpc) is 2.78. The smallest absolute Gasteiger partial charge is 0.203 e. The third kappa shape index (κ3) is 2.52. The van der Waals surface area contributed by atoms with E-state index < -0.39 is 0 Å². The first-order valence-electron chi connectivity index (χ1n) is 5.14. The normalized spacial score (nSPS) is 12.4. The molecule has 0 amide bonds. The van der Waals surface area contributed by atoms with Gasteiger partial charge in [-0.3, -0.25) is 9.97 Å². The van der Waals surface area contributed by atoms with E-state index in [0.717, 1.165) is 23.1 Å².